The van der Waals surface area contributed by atoms with Gasteiger partial charge in [0.15, 0.2) is 5.65 Å². The summed E-state index contributed by atoms with van der Waals surface area (Å²) in [7, 11) is 6.52. The number of nitrogens with zero attached hydrogens (tertiary/aromatic N) is 13. The third kappa shape index (κ3) is 25.2. The zero-order valence-electron chi connectivity index (χ0n) is 73.6. The fourth-order valence-corrected chi connectivity index (χ4v) is 17.7. The first kappa shape index (κ1) is 100. The van der Waals surface area contributed by atoms with Crippen molar-refractivity contribution in [3.05, 3.63) is 326 Å². The predicted molar refractivity (Wildman–Crippen MR) is 538 cm³/mol. The maximum absolute atomic E-state index is 12.9. The number of nitrogens with two attached hydrogens (primary N) is 1. The Kier molecular flexibility index (Phi) is 33.8. The van der Waals surface area contributed by atoms with Gasteiger partial charge in [0.25, 0.3) is 5.56 Å². The Morgan fingerprint density at radius 2 is 0.867 bits per heavy atom. The average molecular weight is 2150 g/mol. The van der Waals surface area contributed by atoms with Gasteiger partial charge >= 0.3 is 6.09 Å². The fraction of sp³-hybridized carbons (Fsp3) is 0.247. The van der Waals surface area contributed by atoms with Gasteiger partial charge in [-0.2, -0.15) is 24.9 Å². The van der Waals surface area contributed by atoms with Crippen molar-refractivity contribution >= 4 is 199 Å². The normalized spacial score (nSPS) is 13.6. The number of piperidine rings is 1. The molecule has 1 saturated heterocycles. The third-order valence-electron chi connectivity index (χ3n) is 21.7. The number of nitrogens with one attached hydrogen (secondary N) is 1. The summed E-state index contributed by atoms with van der Waals surface area (Å²) in [5.41, 5.74) is 21.2. The van der Waals surface area contributed by atoms with E-state index in [2.05, 4.69) is 98.5 Å². The van der Waals surface area contributed by atoms with Crippen LogP contribution in [0, 0.1) is 5.41 Å². The van der Waals surface area contributed by atoms with Crippen LogP contribution in [-0.2, 0) is 63.3 Å². The van der Waals surface area contributed by atoms with Crippen molar-refractivity contribution in [2.24, 2.45) is 11.1 Å². The van der Waals surface area contributed by atoms with Gasteiger partial charge in [0.05, 0.1) is 109 Å². The van der Waals surface area contributed by atoms with Gasteiger partial charge in [0.2, 0.25) is 55.9 Å². The van der Waals surface area contributed by atoms with E-state index in [4.69, 9.17) is 169 Å². The lowest BCUT2D eigenvalue weighted by Crippen LogP contribution is -2.43. The van der Waals surface area contributed by atoms with Crippen LogP contribution in [-0.4, -0.2) is 124 Å². The highest BCUT2D eigenvalue weighted by Gasteiger charge is 2.34. The highest BCUT2D eigenvalue weighted by Crippen LogP contribution is 2.45. The molecule has 0 bridgehead atoms. The molecule has 8 heterocycles. The van der Waals surface area contributed by atoms with E-state index < -0.39 is 11.7 Å². The number of allylic oxidation sites excluding steroid dienone is 5. The van der Waals surface area contributed by atoms with Crippen LogP contribution in [0.2, 0.25) is 51.7 Å². The van der Waals surface area contributed by atoms with Crippen LogP contribution in [0.15, 0.2) is 179 Å². The number of fused-ring (bicyclic) bond motifs is 6. The lowest BCUT2D eigenvalue weighted by Gasteiger charge is -2.38. The molecule has 0 amide bonds. The first-order valence-corrected chi connectivity index (χ1v) is 47.2. The molecule has 698 valence electrons. The summed E-state index contributed by atoms with van der Waals surface area (Å²) in [6, 6.07) is 41.5. The number of benzene rings is 6. The minimum atomic E-state index is -0.648. The molecule has 7 aromatic heterocycles. The van der Waals surface area contributed by atoms with Crippen molar-refractivity contribution in [2.45, 2.75) is 105 Å². The second kappa shape index (κ2) is 45.5. The highest BCUT2D eigenvalue weighted by atomic mass is 79.9. The van der Waals surface area contributed by atoms with E-state index in [0.717, 1.165) is 168 Å². The summed E-state index contributed by atoms with van der Waals surface area (Å²) in [6.45, 7) is 11.4. The molecule has 5 aliphatic carbocycles. The van der Waals surface area contributed by atoms with Crippen molar-refractivity contribution in [2.75, 3.05) is 53.0 Å². The molecule has 0 radical (unpaired) electrons. The number of rotatable bonds is 20. The summed E-state index contributed by atoms with van der Waals surface area (Å²) >= 11 is 67.5. The number of halogens is 12. The number of carbonyl (C=O) groups excluding carboxylic acids is 1. The molecule has 13 aromatic rings. The van der Waals surface area contributed by atoms with E-state index in [-0.39, 0.29) is 49.9 Å². The molecule has 1 fully saturated rings. The standard InChI is InChI=1S/C21H15Cl3N2O2.C20H22Cl2N4O.C19H19BrClN3O4.C15H12BrClN2O2.C15H13ClN2O2.C7H4Cl2N2/c1-27-13-7-5-12(6-8-13)11-28-20-18-14(9-10-17(18)25-21(24)26-20)15-3-2-4-16(22)19(15)23;1-20(11-23)7-9-26(10-8-20)19-24-15-6-5-12(16(15)18(27)25-19)13-3-2-4-14(21)17(13)22;1-19(2,3)28-18(25)24-9-13(20)14-15(24)22-17(21)23-16(14)27-10-11-5-7-12(26-4)8-6-11;1-20-10-4-2-9(3-5-10)8-21-14-13-11(16)6-7-12(13)18-15(17)19-14;1-19-11-7-5-10(6-8-11)9-20-14-12-3-2-4-13(12)17-15(16)18-14;8-6-4-2-1-3-5(4)10-7(9)11-6/h2-9H,10-11H2,1H3;2-5H,6-11,23H2,1H3,(H,24,25,27);5-9H,10H2,1-4H3;2-6H,7-8H2,1H3;2-3,5-8H,4,9H2,1H3;1-2H,3H2. The van der Waals surface area contributed by atoms with Gasteiger partial charge in [-0.05, 0) is 214 Å². The topological polar surface area (TPSA) is 309 Å². The van der Waals surface area contributed by atoms with Crippen molar-refractivity contribution in [3.63, 3.8) is 0 Å². The molecule has 6 aliphatic rings. The zero-order valence-corrected chi connectivity index (χ0v) is 84.4. The molecule has 0 saturated carbocycles. The predicted octanol–water partition coefficient (Wildman–Crippen LogP) is 24.5. The van der Waals surface area contributed by atoms with E-state index >= 15 is 0 Å². The number of H-pyrrole nitrogens is 1. The molecular formula is C97H85Br2Cl10N15O11. The van der Waals surface area contributed by atoms with Crippen LogP contribution in [0.3, 0.4) is 0 Å². The molecule has 0 atom stereocenters. The van der Waals surface area contributed by atoms with Crippen molar-refractivity contribution in [1.29, 1.82) is 0 Å². The maximum Gasteiger partial charge on any atom is 0.420 e. The lowest BCUT2D eigenvalue weighted by atomic mass is 9.81. The number of carbonyl (C=O) groups is 1. The summed E-state index contributed by atoms with van der Waals surface area (Å²) in [5.74, 6) is 5.54. The minimum absolute atomic E-state index is 0.0346. The van der Waals surface area contributed by atoms with Crippen LogP contribution < -0.4 is 54.1 Å². The quantitative estimate of drug-likeness (QED) is 0.0529. The Hall–Kier alpha value is -10.7. The monoisotopic (exact) mass is 2140 g/mol. The first-order valence-electron chi connectivity index (χ1n) is 41.9. The van der Waals surface area contributed by atoms with Crippen LogP contribution in [0.5, 0.6) is 46.5 Å². The largest absolute Gasteiger partial charge is 0.497 e. The third-order valence-corrected chi connectivity index (χ3v) is 25.8. The zero-order chi connectivity index (χ0) is 95.9. The highest BCUT2D eigenvalue weighted by molar-refractivity contribution is 9.15. The summed E-state index contributed by atoms with van der Waals surface area (Å²) < 4.78 is 52.3. The van der Waals surface area contributed by atoms with E-state index in [9.17, 15) is 9.59 Å². The molecule has 19 rings (SSSR count). The average Bonchev–Trinajstić information content (AvgIpc) is 1.63. The van der Waals surface area contributed by atoms with Gasteiger partial charge in [0.1, 0.15) is 60.2 Å². The SMILES string of the molecule is CC1(CN)CCN(c2nc3c(c(=O)[nH]2)C(c2cccc(Cl)c2Cl)=CC3)CC1.COc1ccc(COc2nc(Cl)nc3c2C(Br)=CC3)cc1.COc1ccc(COc2nc(Cl)nc3c2C(c2cccc(Cl)c2Cl)=CC3)cc1.COc1ccc(COc2nc(Cl)nc3c2C=CC3)cc1.COc1ccc(COc2nc(Cl)nc3c2c(Br)cn3C(=O)OC(C)(C)C)cc1.Clc1nc(Cl)c2c(n1)CC=C2. The summed E-state index contributed by atoms with van der Waals surface area (Å²) in [4.78, 5) is 76.8. The Morgan fingerprint density at radius 3 is 1.35 bits per heavy atom. The summed E-state index contributed by atoms with van der Waals surface area (Å²) in [5, 5.41) is 3.63. The Balaban J connectivity index is 0.000000132. The van der Waals surface area contributed by atoms with E-state index in [1.54, 1.807) is 67.5 Å². The Labute approximate surface area is 844 Å². The lowest BCUT2D eigenvalue weighted by molar-refractivity contribution is 0.0543. The maximum atomic E-state index is 12.9. The van der Waals surface area contributed by atoms with Crippen LogP contribution in [0.1, 0.15) is 130 Å². The van der Waals surface area contributed by atoms with Gasteiger partial charge in [0, 0.05) is 72.6 Å². The number of hydrogen-bond donors (Lipinski definition) is 2. The number of aromatic amines is 1. The smallest absolute Gasteiger partial charge is 0.420 e. The van der Waals surface area contributed by atoms with Gasteiger partial charge < -0.3 is 53.3 Å². The van der Waals surface area contributed by atoms with Gasteiger partial charge in [-0.3, -0.25) is 9.78 Å². The molecule has 135 heavy (non-hydrogen) atoms. The Morgan fingerprint density at radius 1 is 0.467 bits per heavy atom. The molecule has 6 aromatic carbocycles. The number of anilines is 1. The van der Waals surface area contributed by atoms with Crippen molar-refractivity contribution in [3.8, 4) is 46.5 Å². The van der Waals surface area contributed by atoms with Crippen LogP contribution in [0.4, 0.5) is 10.7 Å². The number of aromatic nitrogens is 13. The molecule has 1 aliphatic heterocycles. The van der Waals surface area contributed by atoms with Crippen molar-refractivity contribution < 1.29 is 47.4 Å². The molecule has 38 heteroatoms. The summed E-state index contributed by atoms with van der Waals surface area (Å²) in [6.07, 6.45) is 20.5. The van der Waals surface area contributed by atoms with Gasteiger partial charge in [-0.25, -0.2) is 39.3 Å². The molecule has 26 nitrogen and oxygen atoms in total. The molecule has 0 unspecified atom stereocenters. The number of hydrogen-bond acceptors (Lipinski definition) is 24. The second-order valence-corrected chi connectivity index (χ2v) is 37.3. The van der Waals surface area contributed by atoms with Gasteiger partial charge in [-0.1, -0.05) is 196 Å². The Bertz CT molecular complexity index is 6780. The van der Waals surface area contributed by atoms with Crippen molar-refractivity contribution in [1.82, 2.24) is 64.4 Å². The number of ether oxygens (including phenoxy) is 9. The first-order chi connectivity index (χ1) is 64.9. The number of methoxy groups -OCH3 is 4. The fourth-order valence-electron chi connectivity index (χ4n) is 14.6. The molecule has 3 N–H and O–H groups in total. The minimum Gasteiger partial charge on any atom is -0.497 e. The van der Waals surface area contributed by atoms with E-state index in [0.29, 0.717) is 109 Å². The van der Waals surface area contributed by atoms with Crippen LogP contribution >= 0.6 is 148 Å². The van der Waals surface area contributed by atoms with E-state index in [1.165, 1.54) is 4.57 Å². The van der Waals surface area contributed by atoms with Gasteiger partial charge in [-0.15, -0.1) is 0 Å². The van der Waals surface area contributed by atoms with Crippen LogP contribution in [0.25, 0.3) is 38.8 Å². The molecule has 0 spiro atoms. The van der Waals surface area contributed by atoms with E-state index in [1.807, 2.05) is 164 Å². The second-order valence-electron chi connectivity index (χ2n) is 31.9. The molecular weight excluding hydrogens is 2070 g/mol.